The van der Waals surface area contributed by atoms with Crippen molar-refractivity contribution >= 4 is 43.2 Å². The van der Waals surface area contributed by atoms with Crippen LogP contribution in [0.4, 0.5) is 0 Å². The lowest BCUT2D eigenvalue weighted by Crippen LogP contribution is -1.93. The van der Waals surface area contributed by atoms with Gasteiger partial charge in [0.25, 0.3) is 0 Å². The molecule has 0 aliphatic heterocycles. The molecule has 0 aliphatic carbocycles. The SMILES string of the molecule is Cc1ccc2ccc3ccc(CCc4ccc5cnc6ccc(C)cc6c5c4)cc3c2c1. The predicted molar refractivity (Wildman–Crippen MR) is 138 cm³/mol. The molecule has 154 valence electrons. The van der Waals surface area contributed by atoms with Gasteiger partial charge in [-0.1, -0.05) is 83.9 Å². The van der Waals surface area contributed by atoms with Crippen LogP contribution in [0.15, 0.2) is 91.1 Å². The molecule has 0 aliphatic rings. The number of nitrogens with zero attached hydrogens (tertiary/aromatic N) is 1. The first-order valence-corrected chi connectivity index (χ1v) is 11.3. The van der Waals surface area contributed by atoms with Crippen molar-refractivity contribution in [1.82, 2.24) is 4.98 Å². The highest BCUT2D eigenvalue weighted by atomic mass is 14.6. The molecule has 0 bridgehead atoms. The molecule has 5 aromatic carbocycles. The molecule has 0 fully saturated rings. The van der Waals surface area contributed by atoms with E-state index in [1.165, 1.54) is 60.0 Å². The van der Waals surface area contributed by atoms with Crippen LogP contribution in [0, 0.1) is 13.8 Å². The molecular formula is C31H25N. The average molecular weight is 412 g/mol. The van der Waals surface area contributed by atoms with Gasteiger partial charge in [-0.05, 0) is 76.9 Å². The molecule has 0 saturated heterocycles. The monoisotopic (exact) mass is 411 g/mol. The van der Waals surface area contributed by atoms with Crippen LogP contribution in [0.3, 0.4) is 0 Å². The van der Waals surface area contributed by atoms with Crippen LogP contribution in [-0.4, -0.2) is 4.98 Å². The number of hydrogen-bond acceptors (Lipinski definition) is 1. The molecule has 0 saturated carbocycles. The zero-order valence-electron chi connectivity index (χ0n) is 18.5. The Kier molecular flexibility index (Phi) is 4.43. The molecule has 1 heterocycles. The Morgan fingerprint density at radius 1 is 0.500 bits per heavy atom. The maximum atomic E-state index is 4.63. The van der Waals surface area contributed by atoms with E-state index in [9.17, 15) is 0 Å². The summed E-state index contributed by atoms with van der Waals surface area (Å²) in [5.74, 6) is 0. The van der Waals surface area contributed by atoms with Gasteiger partial charge in [-0.2, -0.15) is 0 Å². The molecule has 1 aromatic heterocycles. The second-order valence-corrected chi connectivity index (χ2v) is 9.05. The fourth-order valence-electron chi connectivity index (χ4n) is 4.88. The Hall–Kier alpha value is -3.71. The minimum atomic E-state index is 1.03. The molecule has 1 heteroatoms. The van der Waals surface area contributed by atoms with E-state index in [1.54, 1.807) is 0 Å². The van der Waals surface area contributed by atoms with Gasteiger partial charge in [-0.3, -0.25) is 4.98 Å². The average Bonchev–Trinajstić information content (AvgIpc) is 2.82. The third kappa shape index (κ3) is 3.31. The topological polar surface area (TPSA) is 12.9 Å². The Morgan fingerprint density at radius 2 is 1.00 bits per heavy atom. The van der Waals surface area contributed by atoms with Crippen molar-refractivity contribution < 1.29 is 0 Å². The van der Waals surface area contributed by atoms with Crippen molar-refractivity contribution in [2.24, 2.45) is 0 Å². The highest BCUT2D eigenvalue weighted by Crippen LogP contribution is 2.29. The van der Waals surface area contributed by atoms with Gasteiger partial charge in [0.05, 0.1) is 5.52 Å². The highest BCUT2D eigenvalue weighted by Gasteiger charge is 2.06. The third-order valence-corrected chi connectivity index (χ3v) is 6.66. The molecule has 1 nitrogen and oxygen atoms in total. The zero-order valence-corrected chi connectivity index (χ0v) is 18.5. The molecule has 6 rings (SSSR count). The smallest absolute Gasteiger partial charge is 0.0708 e. The van der Waals surface area contributed by atoms with Gasteiger partial charge in [0.15, 0.2) is 0 Å². The molecular weight excluding hydrogens is 386 g/mol. The Balaban J connectivity index is 1.37. The normalized spacial score (nSPS) is 11.7. The van der Waals surface area contributed by atoms with Crippen molar-refractivity contribution in [2.75, 3.05) is 0 Å². The number of benzene rings is 5. The minimum absolute atomic E-state index is 1.03. The van der Waals surface area contributed by atoms with Crippen molar-refractivity contribution in [2.45, 2.75) is 26.7 Å². The lowest BCUT2D eigenvalue weighted by molar-refractivity contribution is 0.965. The number of hydrogen-bond donors (Lipinski definition) is 0. The van der Waals surface area contributed by atoms with E-state index in [4.69, 9.17) is 0 Å². The van der Waals surface area contributed by atoms with Crippen molar-refractivity contribution in [3.8, 4) is 0 Å². The van der Waals surface area contributed by atoms with Crippen LogP contribution in [0.1, 0.15) is 22.3 Å². The van der Waals surface area contributed by atoms with E-state index >= 15 is 0 Å². The zero-order chi connectivity index (χ0) is 21.7. The van der Waals surface area contributed by atoms with E-state index in [1.807, 2.05) is 6.20 Å². The number of pyridine rings is 1. The first-order valence-electron chi connectivity index (χ1n) is 11.3. The van der Waals surface area contributed by atoms with Crippen LogP contribution in [-0.2, 0) is 12.8 Å². The fraction of sp³-hybridized carbons (Fsp3) is 0.129. The summed E-state index contributed by atoms with van der Waals surface area (Å²) in [5, 5.41) is 9.09. The quantitative estimate of drug-likeness (QED) is 0.268. The Bertz CT molecular complexity index is 1520. The van der Waals surface area contributed by atoms with E-state index in [2.05, 4.69) is 104 Å². The molecule has 0 spiro atoms. The second kappa shape index (κ2) is 7.46. The summed E-state index contributed by atoms with van der Waals surface area (Å²) in [6.07, 6.45) is 4.06. The Morgan fingerprint density at radius 3 is 1.72 bits per heavy atom. The number of rotatable bonds is 3. The van der Waals surface area contributed by atoms with Gasteiger partial charge < -0.3 is 0 Å². The van der Waals surface area contributed by atoms with Crippen LogP contribution >= 0.6 is 0 Å². The van der Waals surface area contributed by atoms with Crippen molar-refractivity contribution in [1.29, 1.82) is 0 Å². The summed E-state index contributed by atoms with van der Waals surface area (Å²) in [6, 6.07) is 31.5. The molecule has 0 N–H and O–H groups in total. The lowest BCUT2D eigenvalue weighted by Gasteiger charge is -2.10. The summed E-state index contributed by atoms with van der Waals surface area (Å²) in [7, 11) is 0. The van der Waals surface area contributed by atoms with Gasteiger partial charge in [0, 0.05) is 17.0 Å². The van der Waals surface area contributed by atoms with E-state index in [-0.39, 0.29) is 0 Å². The van der Waals surface area contributed by atoms with Gasteiger partial charge in [0.2, 0.25) is 0 Å². The summed E-state index contributed by atoms with van der Waals surface area (Å²) >= 11 is 0. The molecule has 0 atom stereocenters. The Labute approximate surface area is 188 Å². The van der Waals surface area contributed by atoms with Gasteiger partial charge in [-0.15, -0.1) is 0 Å². The van der Waals surface area contributed by atoms with Crippen molar-refractivity contribution in [3.05, 3.63) is 113 Å². The maximum absolute atomic E-state index is 4.63. The first-order chi connectivity index (χ1) is 15.6. The van der Waals surface area contributed by atoms with Crippen LogP contribution in [0.2, 0.25) is 0 Å². The molecule has 0 amide bonds. The first kappa shape index (κ1) is 19.0. The van der Waals surface area contributed by atoms with E-state index in [0.717, 1.165) is 18.4 Å². The number of aryl methyl sites for hydroxylation is 4. The summed E-state index contributed by atoms with van der Waals surface area (Å²) in [4.78, 5) is 4.63. The second-order valence-electron chi connectivity index (χ2n) is 9.05. The summed E-state index contributed by atoms with van der Waals surface area (Å²) in [5.41, 5.74) is 6.42. The number of fused-ring (bicyclic) bond motifs is 6. The van der Waals surface area contributed by atoms with E-state index in [0.29, 0.717) is 0 Å². The van der Waals surface area contributed by atoms with Crippen LogP contribution in [0.5, 0.6) is 0 Å². The third-order valence-electron chi connectivity index (χ3n) is 6.66. The van der Waals surface area contributed by atoms with Crippen molar-refractivity contribution in [3.63, 3.8) is 0 Å². The molecule has 32 heavy (non-hydrogen) atoms. The standard InChI is InChI=1S/C31H25N/c1-20-3-9-24-12-13-25-10-7-22(17-28(25)27(24)15-20)5-6-23-8-11-26-19-32-31-14-4-21(2)16-30(31)29(26)18-23/h3-4,7-19H,5-6H2,1-2H3. The lowest BCUT2D eigenvalue weighted by atomic mass is 9.96. The summed E-state index contributed by atoms with van der Waals surface area (Å²) in [6.45, 7) is 4.32. The highest BCUT2D eigenvalue weighted by molar-refractivity contribution is 6.08. The molecule has 0 unspecified atom stereocenters. The van der Waals surface area contributed by atoms with Gasteiger partial charge >= 0.3 is 0 Å². The van der Waals surface area contributed by atoms with Crippen LogP contribution < -0.4 is 0 Å². The van der Waals surface area contributed by atoms with Crippen LogP contribution in [0.25, 0.3) is 43.2 Å². The summed E-state index contributed by atoms with van der Waals surface area (Å²) < 4.78 is 0. The molecule has 0 radical (unpaired) electrons. The minimum Gasteiger partial charge on any atom is -0.256 e. The maximum Gasteiger partial charge on any atom is 0.0708 e. The van der Waals surface area contributed by atoms with Gasteiger partial charge in [-0.25, -0.2) is 0 Å². The fourth-order valence-corrected chi connectivity index (χ4v) is 4.88. The predicted octanol–water partition coefficient (Wildman–Crippen LogP) is 8.10. The van der Waals surface area contributed by atoms with Gasteiger partial charge in [0.1, 0.15) is 0 Å². The number of aromatic nitrogens is 1. The van der Waals surface area contributed by atoms with E-state index < -0.39 is 0 Å². The molecule has 6 aromatic rings. The largest absolute Gasteiger partial charge is 0.256 e.